The summed E-state index contributed by atoms with van der Waals surface area (Å²) in [6.07, 6.45) is 0.0955. The zero-order valence-corrected chi connectivity index (χ0v) is 16.4. The molecule has 0 spiro atoms. The molecule has 0 saturated heterocycles. The van der Waals surface area contributed by atoms with Gasteiger partial charge in [-0.1, -0.05) is 28.5 Å². The number of ether oxygens (including phenoxy) is 2. The molecule has 0 saturated carbocycles. The first kappa shape index (κ1) is 23.7. The van der Waals surface area contributed by atoms with Crippen molar-refractivity contribution in [2.24, 2.45) is 5.73 Å². The Labute approximate surface area is 155 Å². The minimum absolute atomic E-state index is 0.00261. The molecule has 0 heterocycles. The lowest BCUT2D eigenvalue weighted by Gasteiger charge is -2.17. The molecule has 2 atom stereocenters. The average Bonchev–Trinajstić information content (AvgIpc) is 2.62. The minimum atomic E-state index is -0.880. The second-order valence-corrected chi connectivity index (χ2v) is 7.82. The molecule has 0 radical (unpaired) electrons. The summed E-state index contributed by atoms with van der Waals surface area (Å²) in [6.45, 7) is 1.98. The van der Waals surface area contributed by atoms with Crippen LogP contribution in [0.25, 0.3) is 0 Å². The van der Waals surface area contributed by atoms with E-state index in [-0.39, 0.29) is 37.4 Å². The van der Waals surface area contributed by atoms with Gasteiger partial charge in [-0.2, -0.15) is 0 Å². The van der Waals surface area contributed by atoms with Crippen LogP contribution in [0.4, 0.5) is 0 Å². The number of Topliss-reactive ketones (excluding diaryl/α,β-unsaturated/α-hetero) is 1. The number of hydrogen-bond acceptors (Lipinski definition) is 9. The van der Waals surface area contributed by atoms with Gasteiger partial charge < -0.3 is 20.5 Å². The van der Waals surface area contributed by atoms with Gasteiger partial charge in [0.2, 0.25) is 5.91 Å². The van der Waals surface area contributed by atoms with Crippen molar-refractivity contribution in [2.75, 3.05) is 25.7 Å². The fourth-order valence-corrected chi connectivity index (χ4v) is 3.60. The van der Waals surface area contributed by atoms with Gasteiger partial charge in [-0.3, -0.25) is 19.2 Å². The lowest BCUT2D eigenvalue weighted by molar-refractivity contribution is -0.142. The molecule has 0 aromatic heterocycles. The van der Waals surface area contributed by atoms with E-state index in [9.17, 15) is 19.2 Å². The van der Waals surface area contributed by atoms with E-state index in [1.807, 2.05) is 6.92 Å². The Morgan fingerprint density at radius 2 is 1.72 bits per heavy atom. The average molecular weight is 395 g/mol. The number of amides is 1. The molecule has 0 bridgehead atoms. The Balaban J connectivity index is 4.54. The molecule has 8 nitrogen and oxygen atoms in total. The molecule has 25 heavy (non-hydrogen) atoms. The maximum Gasteiger partial charge on any atom is 0.322 e. The first-order chi connectivity index (χ1) is 11.8. The standard InChI is InChI=1S/C15H26N2O6S2/c1-4-24-25-9-11(12(18)6-8-14(20)22-2)17-13(19)7-5-10(16)15(21)23-3/h10-11H,4-9,16H2,1-3H3,(H,17,19)/t10-,11-/m0/s1. The van der Waals surface area contributed by atoms with Crippen LogP contribution in [0.2, 0.25) is 0 Å². The zero-order valence-electron chi connectivity index (χ0n) is 14.7. The number of rotatable bonds is 13. The summed E-state index contributed by atoms with van der Waals surface area (Å²) >= 11 is 0. The van der Waals surface area contributed by atoms with Gasteiger partial charge in [-0.05, 0) is 6.42 Å². The minimum Gasteiger partial charge on any atom is -0.469 e. The number of ketones is 1. The fraction of sp³-hybridized carbons (Fsp3) is 0.733. The van der Waals surface area contributed by atoms with E-state index in [0.29, 0.717) is 5.75 Å². The Hall–Kier alpha value is -1.26. The van der Waals surface area contributed by atoms with Gasteiger partial charge >= 0.3 is 11.9 Å². The first-order valence-corrected chi connectivity index (χ1v) is 10.3. The third-order valence-electron chi connectivity index (χ3n) is 3.15. The van der Waals surface area contributed by atoms with Gasteiger partial charge in [-0.15, -0.1) is 0 Å². The molecule has 0 aliphatic carbocycles. The molecule has 0 aliphatic heterocycles. The van der Waals surface area contributed by atoms with Crippen molar-refractivity contribution in [3.63, 3.8) is 0 Å². The normalized spacial score (nSPS) is 12.8. The van der Waals surface area contributed by atoms with Gasteiger partial charge in [0.15, 0.2) is 5.78 Å². The third-order valence-corrected chi connectivity index (χ3v) is 5.64. The van der Waals surface area contributed by atoms with Crippen LogP contribution in [0, 0.1) is 0 Å². The van der Waals surface area contributed by atoms with E-state index < -0.39 is 24.0 Å². The number of carbonyl (C=O) groups excluding carboxylic acids is 4. The summed E-state index contributed by atoms with van der Waals surface area (Å²) in [7, 11) is 5.52. The number of nitrogens with one attached hydrogen (secondary N) is 1. The van der Waals surface area contributed by atoms with Crippen LogP contribution >= 0.6 is 21.6 Å². The largest absolute Gasteiger partial charge is 0.469 e. The summed E-state index contributed by atoms with van der Waals surface area (Å²) in [6, 6.07) is -1.58. The van der Waals surface area contributed by atoms with Crippen molar-refractivity contribution in [1.29, 1.82) is 0 Å². The third kappa shape index (κ3) is 11.1. The molecule has 1 amide bonds. The van der Waals surface area contributed by atoms with Crippen molar-refractivity contribution < 1.29 is 28.7 Å². The summed E-state index contributed by atoms with van der Waals surface area (Å²) in [4.78, 5) is 46.6. The quantitative estimate of drug-likeness (QED) is 0.263. The second kappa shape index (κ2) is 14.0. The van der Waals surface area contributed by atoms with Crippen molar-refractivity contribution in [3.8, 4) is 0 Å². The van der Waals surface area contributed by atoms with Crippen LogP contribution in [-0.4, -0.2) is 61.4 Å². The molecule has 0 aromatic rings. The number of nitrogens with two attached hydrogens (primary N) is 1. The zero-order chi connectivity index (χ0) is 19.2. The van der Waals surface area contributed by atoms with Gasteiger partial charge in [0.05, 0.1) is 26.7 Å². The summed E-state index contributed by atoms with van der Waals surface area (Å²) in [5.74, 6) is -0.409. The Morgan fingerprint density at radius 1 is 1.04 bits per heavy atom. The van der Waals surface area contributed by atoms with E-state index in [2.05, 4.69) is 14.8 Å². The molecule has 10 heteroatoms. The van der Waals surface area contributed by atoms with Crippen LogP contribution in [0.15, 0.2) is 0 Å². The maximum atomic E-state index is 12.2. The van der Waals surface area contributed by atoms with Crippen LogP contribution < -0.4 is 11.1 Å². The number of hydrogen-bond donors (Lipinski definition) is 2. The highest BCUT2D eigenvalue weighted by Gasteiger charge is 2.23. The monoisotopic (exact) mass is 394 g/mol. The second-order valence-electron chi connectivity index (χ2n) is 5.02. The van der Waals surface area contributed by atoms with Gasteiger partial charge in [-0.25, -0.2) is 0 Å². The molecular weight excluding hydrogens is 368 g/mol. The number of esters is 2. The van der Waals surface area contributed by atoms with Crippen LogP contribution in [0.5, 0.6) is 0 Å². The van der Waals surface area contributed by atoms with Crippen molar-refractivity contribution >= 4 is 45.2 Å². The first-order valence-electron chi connectivity index (χ1n) is 7.82. The maximum absolute atomic E-state index is 12.2. The van der Waals surface area contributed by atoms with E-state index in [1.54, 1.807) is 10.8 Å². The highest BCUT2D eigenvalue weighted by atomic mass is 33.1. The summed E-state index contributed by atoms with van der Waals surface area (Å²) < 4.78 is 9.01. The van der Waals surface area contributed by atoms with Crippen LogP contribution in [0.1, 0.15) is 32.6 Å². The van der Waals surface area contributed by atoms with Gasteiger partial charge in [0.25, 0.3) is 0 Å². The van der Waals surface area contributed by atoms with Crippen LogP contribution in [-0.2, 0) is 28.7 Å². The predicted molar refractivity (Wildman–Crippen MR) is 98.0 cm³/mol. The van der Waals surface area contributed by atoms with Gasteiger partial charge in [0.1, 0.15) is 6.04 Å². The smallest absolute Gasteiger partial charge is 0.322 e. The molecule has 0 aromatic carbocycles. The summed E-state index contributed by atoms with van der Waals surface area (Å²) in [5.41, 5.74) is 5.58. The Morgan fingerprint density at radius 3 is 2.28 bits per heavy atom. The molecule has 3 N–H and O–H groups in total. The van der Waals surface area contributed by atoms with Crippen molar-refractivity contribution in [3.05, 3.63) is 0 Å². The van der Waals surface area contributed by atoms with E-state index >= 15 is 0 Å². The SMILES string of the molecule is CCSSC[C@H](NC(=O)CC[C@H](N)C(=O)OC)C(=O)CCC(=O)OC. The highest BCUT2D eigenvalue weighted by Crippen LogP contribution is 2.22. The molecule has 0 aliphatic rings. The van der Waals surface area contributed by atoms with Crippen LogP contribution in [0.3, 0.4) is 0 Å². The molecule has 0 rings (SSSR count). The highest BCUT2D eigenvalue weighted by molar-refractivity contribution is 8.76. The van der Waals surface area contributed by atoms with E-state index in [1.165, 1.54) is 25.0 Å². The topological polar surface area (TPSA) is 125 Å². The molecular formula is C15H26N2O6S2. The Bertz CT molecular complexity index is 461. The lowest BCUT2D eigenvalue weighted by atomic mass is 10.1. The Kier molecular flexibility index (Phi) is 13.3. The number of carbonyl (C=O) groups is 4. The van der Waals surface area contributed by atoms with E-state index in [4.69, 9.17) is 5.73 Å². The molecule has 0 unspecified atom stereocenters. The molecule has 144 valence electrons. The fourth-order valence-electron chi connectivity index (χ4n) is 1.74. The van der Waals surface area contributed by atoms with Gasteiger partial charge in [0, 0.05) is 24.3 Å². The van der Waals surface area contributed by atoms with Crippen molar-refractivity contribution in [2.45, 2.75) is 44.7 Å². The number of methoxy groups -OCH3 is 2. The van der Waals surface area contributed by atoms with Crippen molar-refractivity contribution in [1.82, 2.24) is 5.32 Å². The lowest BCUT2D eigenvalue weighted by Crippen LogP contribution is -2.43. The predicted octanol–water partition coefficient (Wildman–Crippen LogP) is 0.675. The van der Waals surface area contributed by atoms with E-state index in [0.717, 1.165) is 5.75 Å². The summed E-state index contributed by atoms with van der Waals surface area (Å²) in [5, 5.41) is 2.65. The molecule has 0 fully saturated rings.